The van der Waals surface area contributed by atoms with Crippen molar-refractivity contribution in [3.05, 3.63) is 71.8 Å². The molecule has 0 spiro atoms. The van der Waals surface area contributed by atoms with Gasteiger partial charge in [-0.2, -0.15) is 0 Å². The van der Waals surface area contributed by atoms with Gasteiger partial charge in [0.1, 0.15) is 0 Å². The molecular formula is C18H20N2O. The van der Waals surface area contributed by atoms with Gasteiger partial charge in [-0.15, -0.1) is 0 Å². The minimum atomic E-state index is -0.0976. The third-order valence-corrected chi connectivity index (χ3v) is 3.83. The Morgan fingerprint density at radius 2 is 1.62 bits per heavy atom. The molecule has 0 aliphatic heterocycles. The summed E-state index contributed by atoms with van der Waals surface area (Å²) in [7, 11) is 0. The SMILES string of the molecule is O=C(NCc1ccccc1)N[C@@H](c1ccccc1)C1CC1. The van der Waals surface area contributed by atoms with Crippen LogP contribution in [0.1, 0.15) is 30.0 Å². The Morgan fingerprint density at radius 3 is 2.24 bits per heavy atom. The molecule has 108 valence electrons. The maximum atomic E-state index is 12.1. The second-order valence-electron chi connectivity index (χ2n) is 5.54. The zero-order valence-electron chi connectivity index (χ0n) is 12.0. The molecule has 0 heterocycles. The normalized spacial score (nSPS) is 15.2. The van der Waals surface area contributed by atoms with E-state index < -0.39 is 0 Å². The fourth-order valence-electron chi connectivity index (χ4n) is 2.53. The summed E-state index contributed by atoms with van der Waals surface area (Å²) in [6.07, 6.45) is 2.39. The molecule has 1 aliphatic rings. The molecule has 2 aromatic carbocycles. The summed E-state index contributed by atoms with van der Waals surface area (Å²) in [5.41, 5.74) is 2.30. The third-order valence-electron chi connectivity index (χ3n) is 3.83. The molecule has 0 bridgehead atoms. The van der Waals surface area contributed by atoms with Gasteiger partial charge in [0.25, 0.3) is 0 Å². The van der Waals surface area contributed by atoms with E-state index >= 15 is 0 Å². The molecule has 3 heteroatoms. The van der Waals surface area contributed by atoms with Crippen molar-refractivity contribution >= 4 is 6.03 Å². The standard InChI is InChI=1S/C18H20N2O/c21-18(19-13-14-7-3-1-4-8-14)20-17(16-11-12-16)15-9-5-2-6-10-15/h1-10,16-17H,11-13H2,(H2,19,20,21)/t17-/m0/s1. The maximum absolute atomic E-state index is 12.1. The lowest BCUT2D eigenvalue weighted by Gasteiger charge is -2.19. The molecule has 0 saturated heterocycles. The van der Waals surface area contributed by atoms with E-state index in [4.69, 9.17) is 0 Å². The number of benzene rings is 2. The minimum Gasteiger partial charge on any atom is -0.334 e. The molecule has 0 aromatic heterocycles. The number of amides is 2. The second kappa shape index (κ2) is 6.44. The molecule has 1 atom stereocenters. The van der Waals surface area contributed by atoms with Crippen LogP contribution >= 0.6 is 0 Å². The van der Waals surface area contributed by atoms with Crippen LogP contribution in [0.2, 0.25) is 0 Å². The topological polar surface area (TPSA) is 41.1 Å². The summed E-state index contributed by atoms with van der Waals surface area (Å²) in [5.74, 6) is 0.579. The molecule has 0 radical (unpaired) electrons. The first-order valence-corrected chi connectivity index (χ1v) is 7.46. The third kappa shape index (κ3) is 3.85. The number of hydrogen-bond donors (Lipinski definition) is 2. The van der Waals surface area contributed by atoms with E-state index in [-0.39, 0.29) is 12.1 Å². The minimum absolute atomic E-state index is 0.0976. The Morgan fingerprint density at radius 1 is 1.00 bits per heavy atom. The van der Waals surface area contributed by atoms with Crippen LogP contribution in [-0.4, -0.2) is 6.03 Å². The lowest BCUT2D eigenvalue weighted by atomic mass is 10.0. The quantitative estimate of drug-likeness (QED) is 0.862. The van der Waals surface area contributed by atoms with Gasteiger partial charge >= 0.3 is 6.03 Å². The Hall–Kier alpha value is -2.29. The highest BCUT2D eigenvalue weighted by Crippen LogP contribution is 2.40. The highest BCUT2D eigenvalue weighted by molar-refractivity contribution is 5.74. The van der Waals surface area contributed by atoms with Crippen LogP contribution < -0.4 is 10.6 Å². The Balaban J connectivity index is 1.57. The fraction of sp³-hybridized carbons (Fsp3) is 0.278. The van der Waals surface area contributed by atoms with Gasteiger partial charge < -0.3 is 10.6 Å². The predicted molar refractivity (Wildman–Crippen MR) is 83.7 cm³/mol. The number of urea groups is 1. The molecule has 3 rings (SSSR count). The summed E-state index contributed by atoms with van der Waals surface area (Å²) in [4.78, 5) is 12.1. The van der Waals surface area contributed by atoms with Crippen molar-refractivity contribution in [1.82, 2.24) is 10.6 Å². The van der Waals surface area contributed by atoms with Crippen molar-refractivity contribution in [2.75, 3.05) is 0 Å². The molecule has 1 aliphatic carbocycles. The molecule has 2 amide bonds. The summed E-state index contributed by atoms with van der Waals surface area (Å²) in [6, 6.07) is 20.2. The van der Waals surface area contributed by atoms with E-state index in [0.717, 1.165) is 5.56 Å². The molecule has 21 heavy (non-hydrogen) atoms. The van der Waals surface area contributed by atoms with Crippen molar-refractivity contribution in [1.29, 1.82) is 0 Å². The first-order valence-electron chi connectivity index (χ1n) is 7.46. The smallest absolute Gasteiger partial charge is 0.315 e. The Labute approximate surface area is 125 Å². The summed E-state index contributed by atoms with van der Waals surface area (Å²) in [5, 5.41) is 6.05. The van der Waals surface area contributed by atoms with E-state index in [0.29, 0.717) is 12.5 Å². The number of carbonyl (C=O) groups is 1. The number of rotatable bonds is 5. The molecule has 3 nitrogen and oxygen atoms in total. The van der Waals surface area contributed by atoms with Crippen molar-refractivity contribution in [3.63, 3.8) is 0 Å². The maximum Gasteiger partial charge on any atom is 0.315 e. The zero-order chi connectivity index (χ0) is 14.5. The molecular weight excluding hydrogens is 260 g/mol. The summed E-state index contributed by atoms with van der Waals surface area (Å²) in [6.45, 7) is 0.554. The average Bonchev–Trinajstić information content (AvgIpc) is 3.37. The van der Waals surface area contributed by atoms with E-state index in [2.05, 4.69) is 22.8 Å². The highest BCUT2D eigenvalue weighted by Gasteiger charge is 2.33. The number of hydrogen-bond acceptors (Lipinski definition) is 1. The first-order chi connectivity index (χ1) is 10.3. The van der Waals surface area contributed by atoms with Gasteiger partial charge in [-0.1, -0.05) is 60.7 Å². The van der Waals surface area contributed by atoms with Crippen LogP contribution in [0.3, 0.4) is 0 Å². The summed E-state index contributed by atoms with van der Waals surface area (Å²) < 4.78 is 0. The molecule has 2 N–H and O–H groups in total. The van der Waals surface area contributed by atoms with Gasteiger partial charge in [0.05, 0.1) is 6.04 Å². The van der Waals surface area contributed by atoms with E-state index in [9.17, 15) is 4.79 Å². The monoisotopic (exact) mass is 280 g/mol. The molecule has 1 saturated carbocycles. The second-order valence-corrected chi connectivity index (χ2v) is 5.54. The molecule has 0 unspecified atom stereocenters. The largest absolute Gasteiger partial charge is 0.334 e. The van der Waals surface area contributed by atoms with Crippen LogP contribution in [-0.2, 0) is 6.54 Å². The highest BCUT2D eigenvalue weighted by atomic mass is 16.2. The van der Waals surface area contributed by atoms with Gasteiger partial charge in [0.15, 0.2) is 0 Å². The van der Waals surface area contributed by atoms with Gasteiger partial charge in [0, 0.05) is 6.54 Å². The average molecular weight is 280 g/mol. The van der Waals surface area contributed by atoms with Crippen LogP contribution in [0.4, 0.5) is 4.79 Å². The Kier molecular flexibility index (Phi) is 4.20. The molecule has 2 aromatic rings. The van der Waals surface area contributed by atoms with Gasteiger partial charge in [-0.05, 0) is 29.9 Å². The summed E-state index contributed by atoms with van der Waals surface area (Å²) >= 11 is 0. The van der Waals surface area contributed by atoms with Gasteiger partial charge in [-0.3, -0.25) is 0 Å². The lowest BCUT2D eigenvalue weighted by Crippen LogP contribution is -2.38. The van der Waals surface area contributed by atoms with Crippen LogP contribution in [0.25, 0.3) is 0 Å². The number of nitrogens with one attached hydrogen (secondary N) is 2. The predicted octanol–water partition coefficient (Wildman–Crippen LogP) is 3.64. The van der Waals surface area contributed by atoms with Crippen molar-refractivity contribution in [2.24, 2.45) is 5.92 Å². The van der Waals surface area contributed by atoms with Crippen LogP contribution in [0.5, 0.6) is 0 Å². The van der Waals surface area contributed by atoms with Crippen molar-refractivity contribution in [3.8, 4) is 0 Å². The lowest BCUT2D eigenvalue weighted by molar-refractivity contribution is 0.235. The van der Waals surface area contributed by atoms with Crippen molar-refractivity contribution < 1.29 is 4.79 Å². The van der Waals surface area contributed by atoms with Crippen LogP contribution in [0.15, 0.2) is 60.7 Å². The van der Waals surface area contributed by atoms with Gasteiger partial charge in [-0.25, -0.2) is 4.79 Å². The van der Waals surface area contributed by atoms with Crippen LogP contribution in [0, 0.1) is 5.92 Å². The van der Waals surface area contributed by atoms with E-state index in [1.807, 2.05) is 48.5 Å². The zero-order valence-corrected chi connectivity index (χ0v) is 12.0. The fourth-order valence-corrected chi connectivity index (χ4v) is 2.53. The first kappa shape index (κ1) is 13.7. The Bertz CT molecular complexity index is 579. The van der Waals surface area contributed by atoms with E-state index in [1.54, 1.807) is 0 Å². The molecule has 1 fully saturated rings. The number of carbonyl (C=O) groups excluding carboxylic acids is 1. The van der Waals surface area contributed by atoms with Gasteiger partial charge in [0.2, 0.25) is 0 Å². The van der Waals surface area contributed by atoms with Crippen molar-refractivity contribution in [2.45, 2.75) is 25.4 Å². The van der Waals surface area contributed by atoms with E-state index in [1.165, 1.54) is 18.4 Å².